The van der Waals surface area contributed by atoms with Crippen LogP contribution >= 0.6 is 11.6 Å². The maximum absolute atomic E-state index is 5.85. The Hall–Kier alpha value is -0.690. The summed E-state index contributed by atoms with van der Waals surface area (Å²) in [6.45, 7) is 2.22. The fourth-order valence-electron chi connectivity index (χ4n) is 1.54. The zero-order valence-corrected chi connectivity index (χ0v) is 9.48. The molecule has 0 unspecified atom stereocenters. The maximum Gasteiger partial charge on any atom is 0.0426 e. The van der Waals surface area contributed by atoms with E-state index in [-0.39, 0.29) is 0 Å². The molecule has 1 nitrogen and oxygen atoms in total. The van der Waals surface area contributed by atoms with Gasteiger partial charge in [0.25, 0.3) is 0 Å². The molecular weight excluding hydrogens is 194 g/mol. The van der Waals surface area contributed by atoms with Crippen molar-refractivity contribution in [2.45, 2.75) is 39.0 Å². The first-order valence-corrected chi connectivity index (χ1v) is 5.65. The topological polar surface area (TPSA) is 26.0 Å². The van der Waals surface area contributed by atoms with Gasteiger partial charge in [0.1, 0.15) is 0 Å². The smallest absolute Gasteiger partial charge is 0.0426 e. The van der Waals surface area contributed by atoms with Crippen molar-refractivity contribution in [3.8, 4) is 0 Å². The average Bonchev–Trinajstić information content (AvgIpc) is 2.15. The van der Waals surface area contributed by atoms with E-state index in [0.717, 1.165) is 17.1 Å². The van der Waals surface area contributed by atoms with Gasteiger partial charge < -0.3 is 5.73 Å². The van der Waals surface area contributed by atoms with Crippen molar-refractivity contribution in [2.75, 3.05) is 5.73 Å². The normalized spacial score (nSPS) is 10.4. The van der Waals surface area contributed by atoms with E-state index >= 15 is 0 Å². The highest BCUT2D eigenvalue weighted by molar-refractivity contribution is 6.30. The molecule has 0 amide bonds. The molecule has 1 aromatic rings. The molecular formula is C12H18ClN. The fraction of sp³-hybridized carbons (Fsp3) is 0.500. The van der Waals surface area contributed by atoms with E-state index in [1.165, 1.54) is 31.2 Å². The summed E-state index contributed by atoms with van der Waals surface area (Å²) in [6.07, 6.45) is 6.17. The first kappa shape index (κ1) is 11.4. The Balaban J connectivity index is 2.42. The van der Waals surface area contributed by atoms with E-state index in [1.54, 1.807) is 0 Å². The molecule has 0 fully saturated rings. The van der Waals surface area contributed by atoms with Crippen molar-refractivity contribution >= 4 is 17.3 Å². The van der Waals surface area contributed by atoms with Crippen molar-refractivity contribution in [3.63, 3.8) is 0 Å². The lowest BCUT2D eigenvalue weighted by atomic mass is 10.0. The standard InChI is InChI=1S/C12H18ClN/c1-2-3-4-5-6-10-7-8-11(13)9-12(10)14/h7-9H,2-6,14H2,1H3. The largest absolute Gasteiger partial charge is 0.398 e. The van der Waals surface area contributed by atoms with Gasteiger partial charge in [0.05, 0.1) is 0 Å². The Bertz CT molecular complexity index is 284. The summed E-state index contributed by atoms with van der Waals surface area (Å²) in [6, 6.07) is 5.77. The van der Waals surface area contributed by atoms with Gasteiger partial charge >= 0.3 is 0 Å². The van der Waals surface area contributed by atoms with Gasteiger partial charge in [0, 0.05) is 10.7 Å². The third-order valence-electron chi connectivity index (χ3n) is 2.41. The van der Waals surface area contributed by atoms with E-state index in [9.17, 15) is 0 Å². The molecule has 0 aliphatic carbocycles. The van der Waals surface area contributed by atoms with Crippen LogP contribution in [0.25, 0.3) is 0 Å². The highest BCUT2D eigenvalue weighted by atomic mass is 35.5. The molecule has 0 saturated heterocycles. The number of hydrogen-bond donors (Lipinski definition) is 1. The van der Waals surface area contributed by atoms with Gasteiger partial charge in [0.15, 0.2) is 0 Å². The first-order valence-electron chi connectivity index (χ1n) is 5.28. The quantitative estimate of drug-likeness (QED) is 0.577. The number of nitrogen functional groups attached to an aromatic ring is 1. The number of rotatable bonds is 5. The van der Waals surface area contributed by atoms with Crippen molar-refractivity contribution in [1.82, 2.24) is 0 Å². The molecule has 78 valence electrons. The number of aryl methyl sites for hydroxylation is 1. The second-order valence-corrected chi connectivity index (χ2v) is 4.09. The molecule has 0 radical (unpaired) electrons. The minimum atomic E-state index is 0.722. The van der Waals surface area contributed by atoms with Gasteiger partial charge in [-0.05, 0) is 30.5 Å². The molecule has 0 spiro atoms. The van der Waals surface area contributed by atoms with E-state index in [0.29, 0.717) is 0 Å². The fourth-order valence-corrected chi connectivity index (χ4v) is 1.72. The molecule has 0 bridgehead atoms. The highest BCUT2D eigenvalue weighted by Gasteiger charge is 1.99. The summed E-state index contributed by atoms with van der Waals surface area (Å²) >= 11 is 5.82. The van der Waals surface area contributed by atoms with Crippen molar-refractivity contribution in [1.29, 1.82) is 0 Å². The predicted molar refractivity (Wildman–Crippen MR) is 63.7 cm³/mol. The van der Waals surface area contributed by atoms with Crippen LogP contribution in [0.5, 0.6) is 0 Å². The van der Waals surface area contributed by atoms with Gasteiger partial charge in [-0.25, -0.2) is 0 Å². The average molecular weight is 212 g/mol. The van der Waals surface area contributed by atoms with Gasteiger partial charge in [-0.15, -0.1) is 0 Å². The molecule has 0 aliphatic heterocycles. The molecule has 14 heavy (non-hydrogen) atoms. The highest BCUT2D eigenvalue weighted by Crippen LogP contribution is 2.20. The van der Waals surface area contributed by atoms with Gasteiger partial charge in [-0.1, -0.05) is 43.9 Å². The van der Waals surface area contributed by atoms with E-state index in [1.807, 2.05) is 18.2 Å². The minimum absolute atomic E-state index is 0.722. The van der Waals surface area contributed by atoms with Gasteiger partial charge in [-0.2, -0.15) is 0 Å². The number of nitrogens with two attached hydrogens (primary N) is 1. The molecule has 0 atom stereocenters. The summed E-state index contributed by atoms with van der Waals surface area (Å²) in [5.41, 5.74) is 7.91. The Morgan fingerprint density at radius 1 is 1.21 bits per heavy atom. The zero-order valence-electron chi connectivity index (χ0n) is 8.72. The van der Waals surface area contributed by atoms with Gasteiger partial charge in [0.2, 0.25) is 0 Å². The molecule has 0 aromatic heterocycles. The first-order chi connectivity index (χ1) is 6.74. The molecule has 0 saturated carbocycles. The van der Waals surface area contributed by atoms with Crippen LogP contribution in [0.1, 0.15) is 38.2 Å². The Labute approximate surface area is 91.3 Å². The number of unbranched alkanes of at least 4 members (excludes halogenated alkanes) is 3. The number of halogens is 1. The summed E-state index contributed by atoms with van der Waals surface area (Å²) < 4.78 is 0. The second-order valence-electron chi connectivity index (χ2n) is 3.65. The summed E-state index contributed by atoms with van der Waals surface area (Å²) in [5, 5.41) is 0.722. The van der Waals surface area contributed by atoms with Crippen LogP contribution < -0.4 is 5.73 Å². The summed E-state index contributed by atoms with van der Waals surface area (Å²) in [4.78, 5) is 0. The van der Waals surface area contributed by atoms with E-state index in [4.69, 9.17) is 17.3 Å². The Kier molecular flexibility index (Phi) is 4.81. The number of benzene rings is 1. The van der Waals surface area contributed by atoms with Crippen molar-refractivity contribution in [2.24, 2.45) is 0 Å². The van der Waals surface area contributed by atoms with E-state index < -0.39 is 0 Å². The zero-order chi connectivity index (χ0) is 10.4. The molecule has 2 N–H and O–H groups in total. The lowest BCUT2D eigenvalue weighted by Gasteiger charge is -2.05. The minimum Gasteiger partial charge on any atom is -0.398 e. The lowest BCUT2D eigenvalue weighted by Crippen LogP contribution is -1.94. The third-order valence-corrected chi connectivity index (χ3v) is 2.64. The van der Waals surface area contributed by atoms with Crippen LogP contribution in [0.2, 0.25) is 5.02 Å². The van der Waals surface area contributed by atoms with Crippen LogP contribution in [0.4, 0.5) is 5.69 Å². The lowest BCUT2D eigenvalue weighted by molar-refractivity contribution is 0.667. The maximum atomic E-state index is 5.85. The SMILES string of the molecule is CCCCCCc1ccc(Cl)cc1N. The van der Waals surface area contributed by atoms with Crippen molar-refractivity contribution < 1.29 is 0 Å². The predicted octanol–water partition coefficient (Wildman–Crippen LogP) is 4.05. The van der Waals surface area contributed by atoms with Gasteiger partial charge in [-0.3, -0.25) is 0 Å². The van der Waals surface area contributed by atoms with Crippen molar-refractivity contribution in [3.05, 3.63) is 28.8 Å². The summed E-state index contributed by atoms with van der Waals surface area (Å²) in [5.74, 6) is 0. The van der Waals surface area contributed by atoms with Crippen LogP contribution in [0, 0.1) is 0 Å². The van der Waals surface area contributed by atoms with Crippen LogP contribution in [-0.2, 0) is 6.42 Å². The molecule has 2 heteroatoms. The number of anilines is 1. The Morgan fingerprint density at radius 2 is 2.00 bits per heavy atom. The summed E-state index contributed by atoms with van der Waals surface area (Å²) in [7, 11) is 0. The molecule has 0 heterocycles. The van der Waals surface area contributed by atoms with Crippen LogP contribution in [-0.4, -0.2) is 0 Å². The Morgan fingerprint density at radius 3 is 2.64 bits per heavy atom. The van der Waals surface area contributed by atoms with Crippen LogP contribution in [0.15, 0.2) is 18.2 Å². The second kappa shape index (κ2) is 5.92. The molecule has 1 rings (SSSR count). The number of hydrogen-bond acceptors (Lipinski definition) is 1. The molecule has 1 aromatic carbocycles. The molecule has 0 aliphatic rings. The monoisotopic (exact) mass is 211 g/mol. The van der Waals surface area contributed by atoms with Crippen LogP contribution in [0.3, 0.4) is 0 Å². The van der Waals surface area contributed by atoms with E-state index in [2.05, 4.69) is 6.92 Å². The third kappa shape index (κ3) is 3.59.